The van der Waals surface area contributed by atoms with Crippen LogP contribution in [0, 0.1) is 30.5 Å². The molecule has 1 fully saturated rings. The van der Waals surface area contributed by atoms with Crippen LogP contribution in [-0.2, 0) is 11.3 Å². The van der Waals surface area contributed by atoms with Crippen molar-refractivity contribution in [3.05, 3.63) is 83.2 Å². The number of hydrogen-bond acceptors (Lipinski definition) is 1. The maximum atomic E-state index is 15.1. The van der Waals surface area contributed by atoms with Crippen LogP contribution in [0.2, 0.25) is 0 Å². The van der Waals surface area contributed by atoms with E-state index in [0.717, 1.165) is 18.4 Å². The minimum Gasteiger partial charge on any atom is -0.330 e. The molecule has 1 aliphatic carbocycles. The first kappa shape index (κ1) is 18.0. The van der Waals surface area contributed by atoms with Crippen LogP contribution in [-0.4, -0.2) is 10.8 Å². The molecule has 1 heterocycles. The quantitative estimate of drug-likeness (QED) is 0.663. The molecule has 140 valence electrons. The first-order valence-corrected chi connectivity index (χ1v) is 9.88. The first-order valence-electron chi connectivity index (χ1n) is 9.88. The van der Waals surface area contributed by atoms with E-state index in [1.165, 1.54) is 0 Å². The molecule has 3 heteroatoms. The van der Waals surface area contributed by atoms with Crippen LogP contribution in [0.1, 0.15) is 42.5 Å². The van der Waals surface area contributed by atoms with Crippen molar-refractivity contribution < 1.29 is 9.18 Å². The van der Waals surface area contributed by atoms with E-state index in [-0.39, 0.29) is 29.6 Å². The average molecular weight is 363 g/mol. The van der Waals surface area contributed by atoms with Crippen LogP contribution in [0.3, 0.4) is 0 Å². The summed E-state index contributed by atoms with van der Waals surface area (Å²) in [6.07, 6.45) is 6.26. The Bertz CT molecular complexity index is 860. The molecular weight excluding hydrogens is 337 g/mol. The van der Waals surface area contributed by atoms with Gasteiger partial charge in [0.25, 0.3) is 0 Å². The number of allylic oxidation sites excluding steroid dienone is 1. The summed E-state index contributed by atoms with van der Waals surface area (Å²) < 4.78 is 15.1. The van der Waals surface area contributed by atoms with Crippen molar-refractivity contribution in [2.24, 2.45) is 17.8 Å². The summed E-state index contributed by atoms with van der Waals surface area (Å²) in [6.45, 7) is 4.46. The maximum absolute atomic E-state index is 15.1. The summed E-state index contributed by atoms with van der Waals surface area (Å²) in [4.78, 5) is 15.4. The molecule has 1 aliphatic heterocycles. The van der Waals surface area contributed by atoms with Gasteiger partial charge in [-0.2, -0.15) is 0 Å². The van der Waals surface area contributed by atoms with Gasteiger partial charge in [0.05, 0.1) is 6.04 Å². The van der Waals surface area contributed by atoms with E-state index in [1.807, 2.05) is 47.4 Å². The topological polar surface area (TPSA) is 20.3 Å². The normalized spacial score (nSPS) is 27.1. The lowest BCUT2D eigenvalue weighted by Crippen LogP contribution is -2.31. The Morgan fingerprint density at radius 2 is 1.89 bits per heavy atom. The highest BCUT2D eigenvalue weighted by atomic mass is 19.1. The third-order valence-electron chi connectivity index (χ3n) is 6.25. The number of rotatable bonds is 4. The molecule has 0 aromatic heterocycles. The predicted molar refractivity (Wildman–Crippen MR) is 105 cm³/mol. The highest BCUT2D eigenvalue weighted by Crippen LogP contribution is 2.50. The molecule has 0 bridgehead atoms. The number of carbonyl (C=O) groups excluding carboxylic acids is 1. The van der Waals surface area contributed by atoms with Gasteiger partial charge in [-0.1, -0.05) is 74.0 Å². The van der Waals surface area contributed by atoms with Gasteiger partial charge in [-0.3, -0.25) is 4.79 Å². The number of amides is 1. The summed E-state index contributed by atoms with van der Waals surface area (Å²) in [5.74, 6) is 0.320. The molecular formula is C24H26FNO. The van der Waals surface area contributed by atoms with Crippen molar-refractivity contribution in [3.63, 3.8) is 0 Å². The lowest BCUT2D eigenvalue weighted by atomic mass is 9.73. The molecule has 4 unspecified atom stereocenters. The summed E-state index contributed by atoms with van der Waals surface area (Å²) in [6, 6.07) is 15.3. The van der Waals surface area contributed by atoms with Crippen LogP contribution < -0.4 is 0 Å². The second kappa shape index (κ2) is 7.30. The fraction of sp³-hybridized carbons (Fsp3) is 0.375. The maximum Gasteiger partial charge on any atom is 0.227 e. The minimum absolute atomic E-state index is 0.0382. The predicted octanol–water partition coefficient (Wildman–Crippen LogP) is 5.44. The van der Waals surface area contributed by atoms with Gasteiger partial charge in [0, 0.05) is 23.9 Å². The number of carbonyl (C=O) groups is 1. The van der Waals surface area contributed by atoms with Gasteiger partial charge < -0.3 is 4.90 Å². The largest absolute Gasteiger partial charge is 0.330 e. The van der Waals surface area contributed by atoms with Crippen LogP contribution in [0.25, 0.3) is 0 Å². The number of halogens is 1. The highest BCUT2D eigenvalue weighted by Gasteiger charge is 2.51. The van der Waals surface area contributed by atoms with Gasteiger partial charge in [0.1, 0.15) is 5.82 Å². The first-order chi connectivity index (χ1) is 13.1. The Balaban J connectivity index is 1.80. The lowest BCUT2D eigenvalue weighted by molar-refractivity contribution is -0.134. The Kier molecular flexibility index (Phi) is 4.86. The second-order valence-corrected chi connectivity index (χ2v) is 7.81. The molecule has 1 saturated heterocycles. The van der Waals surface area contributed by atoms with E-state index in [4.69, 9.17) is 0 Å². The van der Waals surface area contributed by atoms with Crippen LogP contribution in [0.15, 0.2) is 60.7 Å². The van der Waals surface area contributed by atoms with Crippen molar-refractivity contribution in [3.8, 4) is 0 Å². The number of likely N-dealkylation sites (tertiary alicyclic amines) is 1. The zero-order chi connectivity index (χ0) is 19.0. The molecule has 0 radical (unpaired) electrons. The van der Waals surface area contributed by atoms with E-state index in [9.17, 15) is 4.79 Å². The smallest absolute Gasteiger partial charge is 0.227 e. The molecule has 2 nitrogen and oxygen atoms in total. The summed E-state index contributed by atoms with van der Waals surface area (Å²) in [5.41, 5.74) is 2.36. The summed E-state index contributed by atoms with van der Waals surface area (Å²) >= 11 is 0. The fourth-order valence-electron chi connectivity index (χ4n) is 4.85. The minimum atomic E-state index is -0.242. The van der Waals surface area contributed by atoms with Crippen LogP contribution in [0.4, 0.5) is 4.39 Å². The molecule has 4 atom stereocenters. The van der Waals surface area contributed by atoms with Crippen LogP contribution in [0.5, 0.6) is 0 Å². The van der Waals surface area contributed by atoms with Crippen molar-refractivity contribution >= 4 is 5.91 Å². The van der Waals surface area contributed by atoms with E-state index in [2.05, 4.69) is 19.1 Å². The number of fused-ring (bicyclic) bond motifs is 1. The highest BCUT2D eigenvalue weighted by molar-refractivity contribution is 5.83. The number of nitrogens with zero attached hydrogens (tertiary/aromatic N) is 1. The van der Waals surface area contributed by atoms with E-state index < -0.39 is 0 Å². The van der Waals surface area contributed by atoms with Gasteiger partial charge in [-0.05, 0) is 30.4 Å². The zero-order valence-corrected chi connectivity index (χ0v) is 15.9. The Hall–Kier alpha value is -2.42. The van der Waals surface area contributed by atoms with Gasteiger partial charge in [-0.15, -0.1) is 0 Å². The SMILES string of the molecule is CCC1CC=CC2C1C(=O)N(Cc1ccccc1)C2c1cccc(C)c1F. The Morgan fingerprint density at radius 3 is 2.63 bits per heavy atom. The van der Waals surface area contributed by atoms with Crippen molar-refractivity contribution in [2.75, 3.05) is 0 Å². The standard InChI is InChI=1S/C24H26FNO/c1-3-18-12-8-13-19-21(18)24(27)26(15-17-10-5-4-6-11-17)23(19)20-14-7-9-16(2)22(20)25/h4-11,13-14,18-19,21,23H,3,12,15H2,1-2H3. The van der Waals surface area contributed by atoms with Crippen molar-refractivity contribution in [2.45, 2.75) is 39.3 Å². The second-order valence-electron chi connectivity index (χ2n) is 7.81. The number of aryl methyl sites for hydroxylation is 1. The summed E-state index contributed by atoms with van der Waals surface area (Å²) in [7, 11) is 0. The number of hydrogen-bond donors (Lipinski definition) is 0. The molecule has 2 aromatic carbocycles. The molecule has 2 aromatic rings. The average Bonchev–Trinajstić information content (AvgIpc) is 2.97. The Morgan fingerprint density at radius 1 is 1.11 bits per heavy atom. The van der Waals surface area contributed by atoms with Gasteiger partial charge in [-0.25, -0.2) is 4.39 Å². The van der Waals surface area contributed by atoms with Crippen LogP contribution >= 0.6 is 0 Å². The zero-order valence-electron chi connectivity index (χ0n) is 15.9. The van der Waals surface area contributed by atoms with Gasteiger partial charge in [0.15, 0.2) is 0 Å². The summed E-state index contributed by atoms with van der Waals surface area (Å²) in [5, 5.41) is 0. The monoisotopic (exact) mass is 363 g/mol. The van der Waals surface area contributed by atoms with E-state index in [0.29, 0.717) is 23.6 Å². The molecule has 1 amide bonds. The van der Waals surface area contributed by atoms with Gasteiger partial charge in [0.2, 0.25) is 5.91 Å². The third kappa shape index (κ3) is 3.09. The van der Waals surface area contributed by atoms with E-state index in [1.54, 1.807) is 13.0 Å². The molecule has 2 aliphatic rings. The Labute approximate surface area is 160 Å². The molecule has 0 saturated carbocycles. The molecule has 27 heavy (non-hydrogen) atoms. The molecule has 0 spiro atoms. The molecule has 4 rings (SSSR count). The number of benzene rings is 2. The molecule has 0 N–H and O–H groups in total. The third-order valence-corrected chi connectivity index (χ3v) is 6.25. The van der Waals surface area contributed by atoms with E-state index >= 15 is 4.39 Å². The fourth-order valence-corrected chi connectivity index (χ4v) is 4.85. The van der Waals surface area contributed by atoms with Crippen molar-refractivity contribution in [1.29, 1.82) is 0 Å². The van der Waals surface area contributed by atoms with Crippen molar-refractivity contribution in [1.82, 2.24) is 4.90 Å². The lowest BCUT2D eigenvalue weighted by Gasteiger charge is -2.30. The van der Waals surface area contributed by atoms with Gasteiger partial charge >= 0.3 is 0 Å².